The van der Waals surface area contributed by atoms with Crippen molar-refractivity contribution in [3.8, 4) is 6.07 Å². The van der Waals surface area contributed by atoms with Gasteiger partial charge in [-0.15, -0.1) is 0 Å². The Bertz CT molecular complexity index is 410. The van der Waals surface area contributed by atoms with Crippen molar-refractivity contribution in [1.29, 1.82) is 5.26 Å². The van der Waals surface area contributed by atoms with E-state index in [1.54, 1.807) is 6.08 Å². The number of nitrogens with one attached hydrogen (secondary N) is 1. The second-order valence-electron chi connectivity index (χ2n) is 3.93. The normalized spacial score (nSPS) is 27.2. The van der Waals surface area contributed by atoms with Gasteiger partial charge >= 0.3 is 5.97 Å². The molecule has 0 saturated heterocycles. The van der Waals surface area contributed by atoms with Crippen LogP contribution in [0, 0.1) is 17.2 Å². The fourth-order valence-electron chi connectivity index (χ4n) is 1.80. The first-order valence-electron chi connectivity index (χ1n) is 5.11. The van der Waals surface area contributed by atoms with Crippen LogP contribution < -0.4 is 5.32 Å². The quantitative estimate of drug-likeness (QED) is 0.706. The molecule has 1 amide bonds. The molecule has 1 rings (SSSR count). The van der Waals surface area contributed by atoms with E-state index in [1.807, 2.05) is 13.0 Å². The maximum absolute atomic E-state index is 11.7. The lowest BCUT2D eigenvalue weighted by atomic mass is 9.94. The summed E-state index contributed by atoms with van der Waals surface area (Å²) in [4.78, 5) is 22.9. The first-order chi connectivity index (χ1) is 7.93. The van der Waals surface area contributed by atoms with Crippen LogP contribution in [0.5, 0.6) is 0 Å². The largest absolute Gasteiger partial charge is 0.465 e. The van der Waals surface area contributed by atoms with Gasteiger partial charge in [-0.3, -0.25) is 4.79 Å². The van der Waals surface area contributed by atoms with E-state index in [1.165, 1.54) is 14.0 Å². The van der Waals surface area contributed by atoms with Crippen LogP contribution in [-0.4, -0.2) is 24.7 Å². The standard InChI is InChI=1S/C11H14N2O4/c1-7-4-9(6-12)17-11(5-7,10(15)16-3)13-8(2)14/h4,7H,5H2,1-3H3,(H,13,14)/t7-,11-/m0/s1. The monoisotopic (exact) mass is 238 g/mol. The van der Waals surface area contributed by atoms with Crippen LogP contribution in [0.2, 0.25) is 0 Å². The number of ether oxygens (including phenoxy) is 2. The predicted octanol–water partition coefficient (Wildman–Crippen LogP) is 0.456. The summed E-state index contributed by atoms with van der Waals surface area (Å²) in [6.07, 6.45) is 1.83. The van der Waals surface area contributed by atoms with Crippen molar-refractivity contribution in [2.24, 2.45) is 5.92 Å². The number of hydrogen-bond donors (Lipinski definition) is 1. The number of carbonyl (C=O) groups excluding carboxylic acids is 2. The molecule has 0 unspecified atom stereocenters. The Hall–Kier alpha value is -2.03. The molecule has 0 aromatic carbocycles. The van der Waals surface area contributed by atoms with Gasteiger partial charge in [0.1, 0.15) is 6.07 Å². The van der Waals surface area contributed by atoms with Gasteiger partial charge in [-0.2, -0.15) is 5.26 Å². The lowest BCUT2D eigenvalue weighted by molar-refractivity contribution is -0.174. The van der Waals surface area contributed by atoms with Gasteiger partial charge in [0.05, 0.1) is 7.11 Å². The molecule has 6 heteroatoms. The Labute approximate surface area is 99.2 Å². The molecule has 1 N–H and O–H groups in total. The molecule has 0 aromatic heterocycles. The highest BCUT2D eigenvalue weighted by molar-refractivity contribution is 5.86. The van der Waals surface area contributed by atoms with Gasteiger partial charge in [0.15, 0.2) is 5.76 Å². The molecule has 0 radical (unpaired) electrons. The SMILES string of the molecule is COC(=O)[C@]1(NC(C)=O)C[C@@H](C)C=C(C#N)O1. The predicted molar refractivity (Wildman–Crippen MR) is 57.1 cm³/mol. The number of allylic oxidation sites excluding steroid dienone is 2. The average Bonchev–Trinajstić information content (AvgIpc) is 2.25. The van der Waals surface area contributed by atoms with E-state index in [0.717, 1.165) is 0 Å². The highest BCUT2D eigenvalue weighted by Gasteiger charge is 2.47. The zero-order valence-corrected chi connectivity index (χ0v) is 9.94. The summed E-state index contributed by atoms with van der Waals surface area (Å²) in [7, 11) is 1.20. The first-order valence-corrected chi connectivity index (χ1v) is 5.11. The van der Waals surface area contributed by atoms with Crippen molar-refractivity contribution in [3.63, 3.8) is 0 Å². The van der Waals surface area contributed by atoms with Crippen molar-refractivity contribution < 1.29 is 19.1 Å². The molecule has 1 aliphatic rings. The van der Waals surface area contributed by atoms with Crippen LogP contribution in [-0.2, 0) is 19.1 Å². The Balaban J connectivity index is 3.09. The summed E-state index contributed by atoms with van der Waals surface area (Å²) in [6.45, 7) is 3.09. The molecule has 1 aliphatic heterocycles. The molecule has 6 nitrogen and oxygen atoms in total. The minimum absolute atomic E-state index is 0.00269. The lowest BCUT2D eigenvalue weighted by Gasteiger charge is -2.35. The van der Waals surface area contributed by atoms with E-state index in [4.69, 9.17) is 10.00 Å². The van der Waals surface area contributed by atoms with Gasteiger partial charge in [0.2, 0.25) is 5.91 Å². The molecule has 0 bridgehead atoms. The number of nitrogens with zero attached hydrogens (tertiary/aromatic N) is 1. The Morgan fingerprint density at radius 3 is 2.82 bits per heavy atom. The van der Waals surface area contributed by atoms with Crippen LogP contribution in [0.1, 0.15) is 20.3 Å². The van der Waals surface area contributed by atoms with Gasteiger partial charge in [0, 0.05) is 13.3 Å². The van der Waals surface area contributed by atoms with Crippen LogP contribution in [0.25, 0.3) is 0 Å². The van der Waals surface area contributed by atoms with Crippen molar-refractivity contribution in [3.05, 3.63) is 11.8 Å². The van der Waals surface area contributed by atoms with E-state index < -0.39 is 17.6 Å². The van der Waals surface area contributed by atoms with Crippen molar-refractivity contribution in [1.82, 2.24) is 5.32 Å². The minimum atomic E-state index is -1.60. The number of carbonyl (C=O) groups is 2. The van der Waals surface area contributed by atoms with Gasteiger partial charge in [-0.25, -0.2) is 4.79 Å². The van der Waals surface area contributed by atoms with E-state index in [2.05, 4.69) is 10.1 Å². The van der Waals surface area contributed by atoms with E-state index in [-0.39, 0.29) is 18.1 Å². The number of nitriles is 1. The second-order valence-corrected chi connectivity index (χ2v) is 3.93. The molecule has 0 aromatic rings. The number of hydrogen-bond acceptors (Lipinski definition) is 5. The zero-order valence-electron chi connectivity index (χ0n) is 9.94. The fourth-order valence-corrected chi connectivity index (χ4v) is 1.80. The summed E-state index contributed by atoms with van der Waals surface area (Å²) >= 11 is 0. The topological polar surface area (TPSA) is 88.4 Å². The third-order valence-electron chi connectivity index (χ3n) is 2.33. The third-order valence-corrected chi connectivity index (χ3v) is 2.33. The molecule has 2 atom stereocenters. The fraction of sp³-hybridized carbons (Fsp3) is 0.545. The zero-order chi connectivity index (χ0) is 13.1. The summed E-state index contributed by atoms with van der Waals surface area (Å²) in [5, 5.41) is 11.2. The molecule has 0 saturated carbocycles. The van der Waals surface area contributed by atoms with Crippen LogP contribution in [0.4, 0.5) is 0 Å². The summed E-state index contributed by atoms with van der Waals surface area (Å²) in [5.74, 6) is -1.23. The Morgan fingerprint density at radius 2 is 2.35 bits per heavy atom. The number of rotatable bonds is 2. The van der Waals surface area contributed by atoms with Crippen molar-refractivity contribution in [2.75, 3.05) is 7.11 Å². The number of esters is 1. The Kier molecular flexibility index (Phi) is 3.73. The first kappa shape index (κ1) is 13.0. The van der Waals surface area contributed by atoms with E-state index >= 15 is 0 Å². The highest BCUT2D eigenvalue weighted by Crippen LogP contribution is 2.30. The summed E-state index contributed by atoms with van der Waals surface area (Å²) < 4.78 is 9.87. The van der Waals surface area contributed by atoms with E-state index in [0.29, 0.717) is 0 Å². The molecular formula is C11H14N2O4. The van der Waals surface area contributed by atoms with Crippen LogP contribution in [0.3, 0.4) is 0 Å². The highest BCUT2D eigenvalue weighted by atomic mass is 16.6. The minimum Gasteiger partial charge on any atom is -0.465 e. The van der Waals surface area contributed by atoms with Crippen molar-refractivity contribution >= 4 is 11.9 Å². The maximum Gasteiger partial charge on any atom is 0.372 e. The summed E-state index contributed by atoms with van der Waals surface area (Å²) in [6, 6.07) is 1.82. The third kappa shape index (κ3) is 2.75. The molecule has 92 valence electrons. The Morgan fingerprint density at radius 1 is 1.71 bits per heavy atom. The molecule has 1 heterocycles. The molecular weight excluding hydrogens is 224 g/mol. The smallest absolute Gasteiger partial charge is 0.372 e. The van der Waals surface area contributed by atoms with E-state index in [9.17, 15) is 9.59 Å². The second kappa shape index (κ2) is 4.87. The molecule has 17 heavy (non-hydrogen) atoms. The molecule has 0 aliphatic carbocycles. The number of amides is 1. The van der Waals surface area contributed by atoms with Gasteiger partial charge in [0.25, 0.3) is 5.72 Å². The lowest BCUT2D eigenvalue weighted by Crippen LogP contribution is -2.58. The van der Waals surface area contributed by atoms with Crippen LogP contribution >= 0.6 is 0 Å². The molecule has 0 spiro atoms. The number of methoxy groups -OCH3 is 1. The molecule has 0 fully saturated rings. The average molecular weight is 238 g/mol. The van der Waals surface area contributed by atoms with Gasteiger partial charge in [-0.1, -0.05) is 6.92 Å². The summed E-state index contributed by atoms with van der Waals surface area (Å²) in [5.41, 5.74) is -1.60. The maximum atomic E-state index is 11.7. The van der Waals surface area contributed by atoms with Crippen LogP contribution in [0.15, 0.2) is 11.8 Å². The van der Waals surface area contributed by atoms with Gasteiger partial charge in [-0.05, 0) is 12.0 Å². The van der Waals surface area contributed by atoms with Gasteiger partial charge < -0.3 is 14.8 Å². The van der Waals surface area contributed by atoms with Crippen molar-refractivity contribution in [2.45, 2.75) is 26.0 Å².